The van der Waals surface area contributed by atoms with Crippen LogP contribution in [0.5, 0.6) is 17.2 Å². The van der Waals surface area contributed by atoms with Crippen LogP contribution in [0.3, 0.4) is 0 Å². The van der Waals surface area contributed by atoms with E-state index < -0.39 is 17.7 Å². The Labute approximate surface area is 162 Å². The normalized spacial score (nSPS) is 11.2. The van der Waals surface area contributed by atoms with Crippen LogP contribution in [0.2, 0.25) is 0 Å². The second-order valence-corrected chi connectivity index (χ2v) is 6.21. The minimum Gasteiger partial charge on any atom is -0.493 e. The topological polar surface area (TPSA) is 44.8 Å². The fourth-order valence-corrected chi connectivity index (χ4v) is 2.55. The second kappa shape index (κ2) is 8.99. The van der Waals surface area contributed by atoms with Crippen molar-refractivity contribution in [1.82, 2.24) is 0 Å². The number of hydrogen-bond acceptors (Lipinski definition) is 4. The first-order valence-corrected chi connectivity index (χ1v) is 8.93. The summed E-state index contributed by atoms with van der Waals surface area (Å²) >= 11 is 0. The number of rotatable bonds is 7. The molecule has 0 saturated carbocycles. The van der Waals surface area contributed by atoms with Gasteiger partial charge in [-0.05, 0) is 56.2 Å². The van der Waals surface area contributed by atoms with Crippen LogP contribution in [0.25, 0.3) is 0 Å². The van der Waals surface area contributed by atoms with Crippen molar-refractivity contribution in [3.8, 4) is 17.2 Å². The molecule has 0 aliphatic heterocycles. The summed E-state index contributed by atoms with van der Waals surface area (Å²) < 4.78 is 56.6. The molecule has 0 aliphatic rings. The third-order valence-corrected chi connectivity index (χ3v) is 4.18. The lowest BCUT2D eigenvalue weighted by atomic mass is 10.0. The Kier molecular flexibility index (Phi) is 6.94. The number of aryl methyl sites for hydroxylation is 2. The molecule has 0 atom stereocenters. The van der Waals surface area contributed by atoms with E-state index in [1.165, 1.54) is 6.07 Å². The summed E-state index contributed by atoms with van der Waals surface area (Å²) in [4.78, 5) is 11.7. The molecule has 0 aromatic heterocycles. The number of ether oxygens (including phenoxy) is 3. The maximum absolute atomic E-state index is 13.4. The van der Waals surface area contributed by atoms with Gasteiger partial charge in [-0.25, -0.2) is 0 Å². The van der Waals surface area contributed by atoms with Gasteiger partial charge in [-0.2, -0.15) is 13.2 Å². The minimum atomic E-state index is -4.55. The van der Waals surface area contributed by atoms with Crippen LogP contribution >= 0.6 is 0 Å². The molecule has 0 aliphatic carbocycles. The largest absolute Gasteiger partial charge is 0.493 e. The van der Waals surface area contributed by atoms with Crippen LogP contribution < -0.4 is 14.2 Å². The third kappa shape index (κ3) is 5.18. The first-order valence-electron chi connectivity index (χ1n) is 8.93. The van der Waals surface area contributed by atoms with Crippen LogP contribution in [0.15, 0.2) is 30.3 Å². The lowest BCUT2D eigenvalue weighted by molar-refractivity contribution is -0.139. The van der Waals surface area contributed by atoms with E-state index in [9.17, 15) is 18.0 Å². The third-order valence-electron chi connectivity index (χ3n) is 4.18. The van der Waals surface area contributed by atoms with E-state index in [0.717, 1.165) is 6.07 Å². The summed E-state index contributed by atoms with van der Waals surface area (Å²) in [5.41, 5.74) is 0.722. The molecule has 0 fully saturated rings. The summed E-state index contributed by atoms with van der Waals surface area (Å²) in [6, 6.07) is 7.27. The average Bonchev–Trinajstić information content (AvgIpc) is 2.62. The van der Waals surface area contributed by atoms with E-state index in [4.69, 9.17) is 14.2 Å². The molecule has 0 bridgehead atoms. The molecule has 4 nitrogen and oxygen atoms in total. The molecule has 0 radical (unpaired) electrons. The number of carbonyl (C=O) groups is 1. The van der Waals surface area contributed by atoms with E-state index in [1.54, 1.807) is 45.9 Å². The van der Waals surface area contributed by atoms with Gasteiger partial charge < -0.3 is 14.2 Å². The molecule has 152 valence electrons. The van der Waals surface area contributed by atoms with Crippen molar-refractivity contribution in [3.05, 3.63) is 52.6 Å². The van der Waals surface area contributed by atoms with Crippen LogP contribution in [0.1, 0.15) is 42.5 Å². The molecule has 2 aromatic rings. The highest BCUT2D eigenvalue weighted by molar-refractivity contribution is 5.72. The fraction of sp³-hybridized carbons (Fsp3) is 0.381. The zero-order valence-corrected chi connectivity index (χ0v) is 16.3. The molecule has 0 unspecified atom stereocenters. The molecule has 2 rings (SSSR count). The number of halogens is 3. The maximum atomic E-state index is 13.4. The van der Waals surface area contributed by atoms with E-state index in [2.05, 4.69) is 0 Å². The van der Waals surface area contributed by atoms with E-state index >= 15 is 0 Å². The van der Waals surface area contributed by atoms with Gasteiger partial charge in [0.25, 0.3) is 0 Å². The van der Waals surface area contributed by atoms with Gasteiger partial charge in [-0.1, -0.05) is 13.0 Å². The van der Waals surface area contributed by atoms with Gasteiger partial charge in [0.15, 0.2) is 0 Å². The Morgan fingerprint density at radius 1 is 0.964 bits per heavy atom. The van der Waals surface area contributed by atoms with Crippen molar-refractivity contribution in [2.24, 2.45) is 0 Å². The fourth-order valence-electron chi connectivity index (χ4n) is 2.55. The van der Waals surface area contributed by atoms with Crippen molar-refractivity contribution in [1.29, 1.82) is 0 Å². The van der Waals surface area contributed by atoms with Gasteiger partial charge in [0, 0.05) is 6.42 Å². The van der Waals surface area contributed by atoms with Crippen molar-refractivity contribution >= 4 is 5.97 Å². The van der Waals surface area contributed by atoms with Gasteiger partial charge in [0.2, 0.25) is 0 Å². The van der Waals surface area contributed by atoms with Crippen molar-refractivity contribution < 1.29 is 32.2 Å². The second-order valence-electron chi connectivity index (χ2n) is 6.21. The zero-order chi connectivity index (χ0) is 20.9. The summed E-state index contributed by atoms with van der Waals surface area (Å²) in [5.74, 6) is -0.150. The summed E-state index contributed by atoms with van der Waals surface area (Å²) in [7, 11) is 0. The predicted molar refractivity (Wildman–Crippen MR) is 98.8 cm³/mol. The maximum Gasteiger partial charge on any atom is 0.419 e. The number of esters is 1. The Morgan fingerprint density at radius 2 is 1.61 bits per heavy atom. The average molecular weight is 396 g/mol. The summed E-state index contributed by atoms with van der Waals surface area (Å²) in [6.07, 6.45) is -4.39. The van der Waals surface area contributed by atoms with Gasteiger partial charge in [-0.15, -0.1) is 0 Å². The van der Waals surface area contributed by atoms with E-state index in [0.29, 0.717) is 29.0 Å². The van der Waals surface area contributed by atoms with Crippen molar-refractivity contribution in [3.63, 3.8) is 0 Å². The number of carbonyl (C=O) groups excluding carboxylic acids is 1. The first kappa shape index (κ1) is 21.6. The molecule has 7 heteroatoms. The lowest BCUT2D eigenvalue weighted by Gasteiger charge is -2.19. The molecular formula is C21H23F3O4. The summed E-state index contributed by atoms with van der Waals surface area (Å²) in [5, 5.41) is 0. The van der Waals surface area contributed by atoms with Crippen molar-refractivity contribution in [2.75, 3.05) is 6.61 Å². The van der Waals surface area contributed by atoms with Crippen LogP contribution in [0, 0.1) is 13.8 Å². The van der Waals surface area contributed by atoms with E-state index in [-0.39, 0.29) is 24.5 Å². The predicted octanol–water partition coefficient (Wildman–Crippen LogP) is 5.62. The Morgan fingerprint density at radius 3 is 2.21 bits per heavy atom. The van der Waals surface area contributed by atoms with Crippen molar-refractivity contribution in [2.45, 2.75) is 46.9 Å². The smallest absolute Gasteiger partial charge is 0.419 e. The number of benzene rings is 2. The van der Waals surface area contributed by atoms with E-state index in [1.807, 2.05) is 0 Å². The highest BCUT2D eigenvalue weighted by Gasteiger charge is 2.35. The lowest BCUT2D eigenvalue weighted by Crippen LogP contribution is -2.12. The van der Waals surface area contributed by atoms with Crippen LogP contribution in [-0.4, -0.2) is 12.6 Å². The van der Waals surface area contributed by atoms with Gasteiger partial charge in [0.1, 0.15) is 23.9 Å². The Bertz CT molecular complexity index is 844. The molecule has 0 N–H and O–H groups in total. The SMILES string of the molecule is CCOc1cccc(OC(=O)CC)c1COc1cc(C)c(C)cc1C(F)(F)F. The van der Waals surface area contributed by atoms with Gasteiger partial charge in [-0.3, -0.25) is 4.79 Å². The molecule has 2 aromatic carbocycles. The first-order chi connectivity index (χ1) is 13.2. The summed E-state index contributed by atoms with van der Waals surface area (Å²) in [6.45, 7) is 6.85. The van der Waals surface area contributed by atoms with Crippen LogP contribution in [0.4, 0.5) is 13.2 Å². The Hall–Kier alpha value is -2.70. The Balaban J connectivity index is 2.41. The molecule has 28 heavy (non-hydrogen) atoms. The van der Waals surface area contributed by atoms with Crippen LogP contribution in [-0.2, 0) is 17.6 Å². The quantitative estimate of drug-likeness (QED) is 0.450. The van der Waals surface area contributed by atoms with Gasteiger partial charge in [0.05, 0.1) is 17.7 Å². The zero-order valence-electron chi connectivity index (χ0n) is 16.3. The molecule has 0 spiro atoms. The molecule has 0 saturated heterocycles. The molecular weight excluding hydrogens is 373 g/mol. The standard InChI is InChI=1S/C21H23F3O4/c1-5-20(25)28-18-9-7-8-17(26-6-2)15(18)12-27-19-11-14(4)13(3)10-16(19)21(22,23)24/h7-11H,5-6,12H2,1-4H3. The molecule has 0 heterocycles. The molecule has 0 amide bonds. The van der Waals surface area contributed by atoms with Gasteiger partial charge >= 0.3 is 12.1 Å². The number of alkyl halides is 3. The minimum absolute atomic E-state index is 0.161. The monoisotopic (exact) mass is 396 g/mol. The number of hydrogen-bond donors (Lipinski definition) is 0. The highest BCUT2D eigenvalue weighted by atomic mass is 19.4. The highest BCUT2D eigenvalue weighted by Crippen LogP contribution is 2.39.